The Labute approximate surface area is 159 Å². The van der Waals surface area contributed by atoms with E-state index < -0.39 is 5.97 Å². The van der Waals surface area contributed by atoms with E-state index in [-0.39, 0.29) is 18.9 Å². The highest BCUT2D eigenvalue weighted by atomic mass is 16.5. The van der Waals surface area contributed by atoms with E-state index in [9.17, 15) is 9.59 Å². The topological polar surface area (TPSA) is 73.9 Å². The van der Waals surface area contributed by atoms with Gasteiger partial charge in [0.25, 0.3) is 5.91 Å². The zero-order valence-electron chi connectivity index (χ0n) is 15.7. The number of hydrogen-bond donors (Lipinski definition) is 1. The second-order valence-corrected chi connectivity index (χ2v) is 5.93. The lowest BCUT2D eigenvalue weighted by atomic mass is 10.2. The number of amides is 1. The molecule has 0 heterocycles. The zero-order chi connectivity index (χ0) is 19.5. The molecule has 0 aliphatic rings. The van der Waals surface area contributed by atoms with Crippen LogP contribution in [0.3, 0.4) is 0 Å². The number of rotatable bonds is 10. The number of carbonyl (C=O) groups excluding carboxylic acids is 2. The molecule has 2 rings (SSSR count). The minimum Gasteiger partial charge on any atom is -0.494 e. The summed E-state index contributed by atoms with van der Waals surface area (Å²) < 4.78 is 15.9. The van der Waals surface area contributed by atoms with Crippen LogP contribution in [0.2, 0.25) is 0 Å². The number of hydrogen-bond acceptors (Lipinski definition) is 5. The summed E-state index contributed by atoms with van der Waals surface area (Å²) in [5.41, 5.74) is 1.78. The number of aryl methyl sites for hydroxylation is 1. The highest BCUT2D eigenvalue weighted by molar-refractivity contribution is 5.92. The van der Waals surface area contributed by atoms with Crippen molar-refractivity contribution in [3.05, 3.63) is 54.1 Å². The Morgan fingerprint density at radius 2 is 1.56 bits per heavy atom. The first-order valence-electron chi connectivity index (χ1n) is 8.94. The van der Waals surface area contributed by atoms with Crippen LogP contribution < -0.4 is 14.8 Å². The summed E-state index contributed by atoms with van der Waals surface area (Å²) in [4.78, 5) is 23.5. The van der Waals surface area contributed by atoms with Crippen LogP contribution in [0.1, 0.15) is 25.3 Å². The van der Waals surface area contributed by atoms with Crippen molar-refractivity contribution in [1.29, 1.82) is 0 Å². The predicted molar refractivity (Wildman–Crippen MR) is 103 cm³/mol. The van der Waals surface area contributed by atoms with Gasteiger partial charge in [-0.05, 0) is 56.7 Å². The molecule has 0 aliphatic carbocycles. The zero-order valence-corrected chi connectivity index (χ0v) is 15.7. The molecule has 0 radical (unpaired) electrons. The lowest BCUT2D eigenvalue weighted by Gasteiger charge is -2.08. The normalized spacial score (nSPS) is 10.1. The van der Waals surface area contributed by atoms with Gasteiger partial charge in [-0.2, -0.15) is 0 Å². The third-order valence-corrected chi connectivity index (χ3v) is 3.63. The minimum absolute atomic E-state index is 0.197. The summed E-state index contributed by atoms with van der Waals surface area (Å²) in [6.07, 6.45) is 0.718. The van der Waals surface area contributed by atoms with E-state index in [0.717, 1.165) is 17.1 Å². The largest absolute Gasteiger partial charge is 0.494 e. The fraction of sp³-hybridized carbons (Fsp3) is 0.333. The van der Waals surface area contributed by atoms with Crippen molar-refractivity contribution in [2.24, 2.45) is 0 Å². The Morgan fingerprint density at radius 1 is 0.926 bits per heavy atom. The van der Waals surface area contributed by atoms with E-state index in [1.165, 1.54) is 0 Å². The standard InChI is InChI=1S/C21H25NO5/c1-3-25-18-12-8-17(9-13-18)22-20(23)15-27-21(24)5-4-14-26-19-10-6-16(2)7-11-19/h6-13H,3-5,14-15H2,1-2H3,(H,22,23). The molecule has 6 heteroatoms. The van der Waals surface area contributed by atoms with Gasteiger partial charge < -0.3 is 19.5 Å². The number of ether oxygens (including phenoxy) is 3. The summed E-state index contributed by atoms with van der Waals surface area (Å²) in [7, 11) is 0. The molecule has 0 unspecified atom stereocenters. The van der Waals surface area contributed by atoms with Crippen LogP contribution in [0, 0.1) is 6.92 Å². The maximum atomic E-state index is 11.8. The molecule has 0 bridgehead atoms. The van der Waals surface area contributed by atoms with E-state index in [1.54, 1.807) is 24.3 Å². The Morgan fingerprint density at radius 3 is 2.22 bits per heavy atom. The van der Waals surface area contributed by atoms with Crippen molar-refractivity contribution in [3.8, 4) is 11.5 Å². The number of esters is 1. The summed E-state index contributed by atoms with van der Waals surface area (Å²) in [6, 6.07) is 14.7. The second-order valence-electron chi connectivity index (χ2n) is 5.93. The molecule has 0 spiro atoms. The molecular weight excluding hydrogens is 346 g/mol. The van der Waals surface area contributed by atoms with Gasteiger partial charge in [0.1, 0.15) is 11.5 Å². The van der Waals surface area contributed by atoms with E-state index in [4.69, 9.17) is 14.2 Å². The highest BCUT2D eigenvalue weighted by Crippen LogP contribution is 2.15. The molecule has 144 valence electrons. The summed E-state index contributed by atoms with van der Waals surface area (Å²) in [5.74, 6) is 0.686. The van der Waals surface area contributed by atoms with Gasteiger partial charge in [-0.25, -0.2) is 0 Å². The predicted octanol–water partition coefficient (Wildman–Crippen LogP) is 3.73. The van der Waals surface area contributed by atoms with E-state index >= 15 is 0 Å². The number of nitrogens with one attached hydrogen (secondary N) is 1. The van der Waals surface area contributed by atoms with Gasteiger partial charge in [0, 0.05) is 12.1 Å². The van der Waals surface area contributed by atoms with Crippen LogP contribution in [-0.2, 0) is 14.3 Å². The third-order valence-electron chi connectivity index (χ3n) is 3.63. The average Bonchev–Trinajstić information content (AvgIpc) is 2.67. The van der Waals surface area contributed by atoms with E-state index in [2.05, 4.69) is 5.32 Å². The van der Waals surface area contributed by atoms with Crippen molar-refractivity contribution in [2.45, 2.75) is 26.7 Å². The Hall–Kier alpha value is -3.02. The van der Waals surface area contributed by atoms with Gasteiger partial charge in [0.15, 0.2) is 6.61 Å². The summed E-state index contributed by atoms with van der Waals surface area (Å²) in [5, 5.41) is 2.66. The molecule has 2 aromatic rings. The maximum Gasteiger partial charge on any atom is 0.306 e. The first kappa shape index (κ1) is 20.3. The molecule has 1 N–H and O–H groups in total. The molecule has 0 atom stereocenters. The van der Waals surface area contributed by atoms with Crippen LogP contribution in [0.4, 0.5) is 5.69 Å². The number of benzene rings is 2. The van der Waals surface area contributed by atoms with Crippen molar-refractivity contribution < 1.29 is 23.8 Å². The van der Waals surface area contributed by atoms with Crippen molar-refractivity contribution in [3.63, 3.8) is 0 Å². The minimum atomic E-state index is -0.427. The molecule has 2 aromatic carbocycles. The van der Waals surface area contributed by atoms with Crippen molar-refractivity contribution in [2.75, 3.05) is 25.1 Å². The van der Waals surface area contributed by atoms with Crippen LogP contribution in [0.25, 0.3) is 0 Å². The highest BCUT2D eigenvalue weighted by Gasteiger charge is 2.08. The molecule has 27 heavy (non-hydrogen) atoms. The Bertz CT molecular complexity index is 725. The van der Waals surface area contributed by atoms with Gasteiger partial charge in [-0.15, -0.1) is 0 Å². The second kappa shape index (κ2) is 10.9. The molecule has 1 amide bonds. The molecular formula is C21H25NO5. The monoisotopic (exact) mass is 371 g/mol. The Kier molecular flexibility index (Phi) is 8.16. The van der Waals surface area contributed by atoms with Gasteiger partial charge in [-0.1, -0.05) is 17.7 Å². The molecule has 0 aliphatic heterocycles. The molecule has 6 nitrogen and oxygen atoms in total. The van der Waals surface area contributed by atoms with Gasteiger partial charge >= 0.3 is 5.97 Å². The van der Waals surface area contributed by atoms with E-state index in [1.807, 2.05) is 38.1 Å². The first-order valence-corrected chi connectivity index (χ1v) is 8.94. The van der Waals surface area contributed by atoms with Crippen LogP contribution in [-0.4, -0.2) is 31.7 Å². The average molecular weight is 371 g/mol. The number of anilines is 1. The number of carbonyl (C=O) groups is 2. The smallest absolute Gasteiger partial charge is 0.306 e. The van der Waals surface area contributed by atoms with Gasteiger partial charge in [-0.3, -0.25) is 9.59 Å². The lowest BCUT2D eigenvalue weighted by Crippen LogP contribution is -2.21. The van der Waals surface area contributed by atoms with Crippen LogP contribution in [0.5, 0.6) is 11.5 Å². The van der Waals surface area contributed by atoms with Crippen LogP contribution >= 0.6 is 0 Å². The molecule has 0 saturated heterocycles. The lowest BCUT2D eigenvalue weighted by molar-refractivity contribution is -0.147. The van der Waals surface area contributed by atoms with Crippen LogP contribution in [0.15, 0.2) is 48.5 Å². The molecule has 0 saturated carbocycles. The fourth-order valence-electron chi connectivity index (χ4n) is 2.26. The third kappa shape index (κ3) is 7.81. The molecule has 0 fully saturated rings. The summed E-state index contributed by atoms with van der Waals surface area (Å²) >= 11 is 0. The van der Waals surface area contributed by atoms with Gasteiger partial charge in [0.05, 0.1) is 13.2 Å². The quantitative estimate of drug-likeness (QED) is 0.509. The SMILES string of the molecule is CCOc1ccc(NC(=O)COC(=O)CCCOc2ccc(C)cc2)cc1. The molecule has 0 aromatic heterocycles. The van der Waals surface area contributed by atoms with E-state index in [0.29, 0.717) is 25.3 Å². The first-order chi connectivity index (χ1) is 13.1. The Balaban J connectivity index is 1.60. The maximum absolute atomic E-state index is 11.8. The fourth-order valence-corrected chi connectivity index (χ4v) is 2.26. The van der Waals surface area contributed by atoms with Gasteiger partial charge in [0.2, 0.25) is 0 Å². The van der Waals surface area contributed by atoms with Crippen molar-refractivity contribution >= 4 is 17.6 Å². The summed E-state index contributed by atoms with van der Waals surface area (Å²) in [6.45, 7) is 4.59. The van der Waals surface area contributed by atoms with Crippen molar-refractivity contribution in [1.82, 2.24) is 0 Å².